The summed E-state index contributed by atoms with van der Waals surface area (Å²) in [6.45, 7) is -1.67. The van der Waals surface area contributed by atoms with Crippen molar-refractivity contribution < 1.29 is 55.1 Å². The molecule has 1 fully saturated rings. The summed E-state index contributed by atoms with van der Waals surface area (Å²) >= 11 is 0. The van der Waals surface area contributed by atoms with E-state index in [2.05, 4.69) is 5.32 Å². The van der Waals surface area contributed by atoms with E-state index in [0.29, 0.717) is 0 Å². The van der Waals surface area contributed by atoms with Gasteiger partial charge in [0.05, 0.1) is 13.2 Å². The highest BCUT2D eigenvalue weighted by molar-refractivity contribution is 5.80. The first kappa shape index (κ1) is 22.1. The lowest BCUT2D eigenvalue weighted by atomic mass is 9.98. The highest BCUT2D eigenvalue weighted by Gasteiger charge is 2.47. The van der Waals surface area contributed by atoms with Crippen LogP contribution >= 0.6 is 0 Å². The Labute approximate surface area is 142 Å². The van der Waals surface area contributed by atoms with Crippen LogP contribution in [-0.2, 0) is 14.3 Å². The summed E-state index contributed by atoms with van der Waals surface area (Å²) < 4.78 is 10.2. The average molecular weight is 371 g/mol. The van der Waals surface area contributed by atoms with Crippen molar-refractivity contribution in [3.8, 4) is 0 Å². The first-order valence-electron chi connectivity index (χ1n) is 7.52. The summed E-state index contributed by atoms with van der Waals surface area (Å²) in [5.74, 6) is -1.000. The van der Waals surface area contributed by atoms with E-state index in [1.807, 2.05) is 0 Å². The van der Waals surface area contributed by atoms with E-state index in [1.54, 1.807) is 0 Å². The summed E-state index contributed by atoms with van der Waals surface area (Å²) in [4.78, 5) is 11.4. The molecule has 1 aliphatic rings. The van der Waals surface area contributed by atoms with Crippen LogP contribution < -0.4 is 5.32 Å². The standard InChI is InChI=1S/C13H25NO11/c1-14-12(23)9(21)8(20)11(4(17)2-15)25-13-10(22)7(19)6(18)5(3-16)24-13/h4-11,13,15-22H,2-3H2,1H3,(H,14,23)/t4-,5-,6+,7+,8+,9-,10-,11-,13+/m1/s1. The molecule has 148 valence electrons. The molecule has 0 aromatic rings. The number of nitrogens with one attached hydrogen (secondary N) is 1. The molecule has 9 atom stereocenters. The molecule has 0 unspecified atom stereocenters. The average Bonchev–Trinajstić information content (AvgIpc) is 2.63. The van der Waals surface area contributed by atoms with Gasteiger partial charge in [0.25, 0.3) is 5.91 Å². The second-order valence-corrected chi connectivity index (χ2v) is 5.60. The van der Waals surface area contributed by atoms with Gasteiger partial charge in [-0.3, -0.25) is 4.79 Å². The fourth-order valence-corrected chi connectivity index (χ4v) is 2.32. The van der Waals surface area contributed by atoms with Gasteiger partial charge < -0.3 is 55.6 Å². The predicted molar refractivity (Wildman–Crippen MR) is 77.8 cm³/mol. The lowest BCUT2D eigenvalue weighted by Gasteiger charge is -2.42. The topological polar surface area (TPSA) is 209 Å². The fourth-order valence-electron chi connectivity index (χ4n) is 2.32. The van der Waals surface area contributed by atoms with E-state index in [0.717, 1.165) is 0 Å². The zero-order valence-electron chi connectivity index (χ0n) is 13.4. The molecule has 9 N–H and O–H groups in total. The molecule has 0 bridgehead atoms. The van der Waals surface area contributed by atoms with Gasteiger partial charge in [-0.2, -0.15) is 0 Å². The molecule has 12 nitrogen and oxygen atoms in total. The Kier molecular flexibility index (Phi) is 8.56. The van der Waals surface area contributed by atoms with Gasteiger partial charge in [-0.15, -0.1) is 0 Å². The molecule has 1 aliphatic heterocycles. The second kappa shape index (κ2) is 9.68. The largest absolute Gasteiger partial charge is 0.394 e. The van der Waals surface area contributed by atoms with Crippen LogP contribution in [0.15, 0.2) is 0 Å². The first-order valence-corrected chi connectivity index (χ1v) is 7.52. The van der Waals surface area contributed by atoms with Crippen LogP contribution in [0, 0.1) is 0 Å². The number of amides is 1. The van der Waals surface area contributed by atoms with E-state index in [9.17, 15) is 35.4 Å². The number of hydrogen-bond acceptors (Lipinski definition) is 11. The van der Waals surface area contributed by atoms with Crippen LogP contribution in [0.2, 0.25) is 0 Å². The molecule has 0 aromatic carbocycles. The smallest absolute Gasteiger partial charge is 0.251 e. The summed E-state index contributed by atoms with van der Waals surface area (Å²) in [6, 6.07) is 0. The van der Waals surface area contributed by atoms with Crippen molar-refractivity contribution in [3.63, 3.8) is 0 Å². The van der Waals surface area contributed by atoms with Crippen LogP contribution in [-0.4, -0.2) is 122 Å². The Morgan fingerprint density at radius 1 is 1.12 bits per heavy atom. The second-order valence-electron chi connectivity index (χ2n) is 5.60. The molecular weight excluding hydrogens is 346 g/mol. The van der Waals surface area contributed by atoms with E-state index < -0.39 is 74.2 Å². The first-order chi connectivity index (χ1) is 11.7. The Bertz CT molecular complexity index is 423. The predicted octanol–water partition coefficient (Wildman–Crippen LogP) is -6.01. The van der Waals surface area contributed by atoms with Gasteiger partial charge in [-0.1, -0.05) is 0 Å². The molecule has 25 heavy (non-hydrogen) atoms. The molecule has 0 spiro atoms. The zero-order valence-corrected chi connectivity index (χ0v) is 13.4. The van der Waals surface area contributed by atoms with Crippen molar-refractivity contribution in [1.29, 1.82) is 0 Å². The minimum Gasteiger partial charge on any atom is -0.394 e. The summed E-state index contributed by atoms with van der Waals surface area (Å²) in [5, 5.41) is 79.0. The van der Waals surface area contributed by atoms with Crippen molar-refractivity contribution in [2.24, 2.45) is 0 Å². The van der Waals surface area contributed by atoms with Gasteiger partial charge in [0.1, 0.15) is 42.7 Å². The molecule has 12 heteroatoms. The van der Waals surface area contributed by atoms with E-state index >= 15 is 0 Å². The maximum atomic E-state index is 11.4. The van der Waals surface area contributed by atoms with E-state index in [1.165, 1.54) is 7.05 Å². The van der Waals surface area contributed by atoms with Gasteiger partial charge in [0.2, 0.25) is 0 Å². The summed E-state index contributed by atoms with van der Waals surface area (Å²) in [7, 11) is 1.19. The van der Waals surface area contributed by atoms with Crippen LogP contribution in [0.25, 0.3) is 0 Å². The number of likely N-dealkylation sites (N-methyl/N-ethyl adjacent to an activating group) is 1. The van der Waals surface area contributed by atoms with Crippen molar-refractivity contribution >= 4 is 5.91 Å². The Balaban J connectivity index is 2.95. The molecule has 1 rings (SSSR count). The van der Waals surface area contributed by atoms with Gasteiger partial charge in [0.15, 0.2) is 12.4 Å². The lowest BCUT2D eigenvalue weighted by molar-refractivity contribution is -0.326. The molecule has 0 aromatic heterocycles. The third-order valence-corrected chi connectivity index (χ3v) is 3.88. The van der Waals surface area contributed by atoms with Crippen molar-refractivity contribution in [1.82, 2.24) is 5.32 Å². The van der Waals surface area contributed by atoms with Crippen LogP contribution in [0.5, 0.6) is 0 Å². The summed E-state index contributed by atoms with van der Waals surface area (Å²) in [6.07, 6.45) is -16.0. The van der Waals surface area contributed by atoms with Crippen LogP contribution in [0.3, 0.4) is 0 Å². The van der Waals surface area contributed by atoms with E-state index in [-0.39, 0.29) is 0 Å². The number of carbonyl (C=O) groups excluding carboxylic acids is 1. The number of aliphatic hydroxyl groups is 8. The third-order valence-electron chi connectivity index (χ3n) is 3.88. The number of carbonyl (C=O) groups is 1. The fraction of sp³-hybridized carbons (Fsp3) is 0.923. The number of ether oxygens (including phenoxy) is 2. The number of rotatable bonds is 8. The van der Waals surface area contributed by atoms with Crippen molar-refractivity contribution in [2.75, 3.05) is 20.3 Å². The van der Waals surface area contributed by atoms with Gasteiger partial charge in [0, 0.05) is 7.05 Å². The third kappa shape index (κ3) is 5.04. The SMILES string of the molecule is CNC(=O)[C@H](O)[C@H](O)[C@H](O[C@@H]1O[C@H](CO)[C@H](O)[C@H](O)[C@H]1O)[C@H](O)CO. The Morgan fingerprint density at radius 3 is 2.20 bits per heavy atom. The molecule has 0 radical (unpaired) electrons. The van der Waals surface area contributed by atoms with Crippen molar-refractivity contribution in [3.05, 3.63) is 0 Å². The van der Waals surface area contributed by atoms with Crippen LogP contribution in [0.4, 0.5) is 0 Å². The van der Waals surface area contributed by atoms with Gasteiger partial charge in [-0.25, -0.2) is 0 Å². The highest BCUT2D eigenvalue weighted by atomic mass is 16.7. The van der Waals surface area contributed by atoms with Gasteiger partial charge in [-0.05, 0) is 0 Å². The molecule has 1 amide bonds. The molecule has 1 heterocycles. The number of aliphatic hydroxyl groups excluding tert-OH is 8. The minimum absolute atomic E-state index is 0.735. The molecule has 0 saturated carbocycles. The van der Waals surface area contributed by atoms with Gasteiger partial charge >= 0.3 is 0 Å². The van der Waals surface area contributed by atoms with E-state index in [4.69, 9.17) is 19.7 Å². The highest BCUT2D eigenvalue weighted by Crippen LogP contribution is 2.24. The lowest BCUT2D eigenvalue weighted by Crippen LogP contribution is -2.62. The maximum absolute atomic E-state index is 11.4. The van der Waals surface area contributed by atoms with Crippen molar-refractivity contribution in [2.45, 2.75) is 55.1 Å². The Morgan fingerprint density at radius 2 is 1.72 bits per heavy atom. The molecular formula is C13H25NO11. The monoisotopic (exact) mass is 371 g/mol. The Hall–Kier alpha value is -0.930. The van der Waals surface area contributed by atoms with Crippen LogP contribution in [0.1, 0.15) is 0 Å². The normalized spacial score (nSPS) is 34.8. The quantitative estimate of drug-likeness (QED) is 0.196. The molecule has 1 saturated heterocycles. The zero-order chi connectivity index (χ0) is 19.3. The number of hydrogen-bond donors (Lipinski definition) is 9. The molecule has 0 aliphatic carbocycles. The summed E-state index contributed by atoms with van der Waals surface area (Å²) in [5.41, 5.74) is 0. The maximum Gasteiger partial charge on any atom is 0.251 e. The minimum atomic E-state index is -2.04.